The zero-order valence-electron chi connectivity index (χ0n) is 10.6. The number of aliphatic hydroxyl groups is 2. The van der Waals surface area contributed by atoms with Gasteiger partial charge in [-0.3, -0.25) is 19.1 Å². The van der Waals surface area contributed by atoms with Gasteiger partial charge < -0.3 is 26.2 Å². The molecule has 10 nitrogen and oxygen atoms in total. The molecule has 0 amide bonds. The average molecular weight is 318 g/mol. The second-order valence-corrected chi connectivity index (χ2v) is 5.42. The van der Waals surface area contributed by atoms with Crippen LogP contribution in [0.25, 0.3) is 10.3 Å². The summed E-state index contributed by atoms with van der Waals surface area (Å²) < 4.78 is 6.75. The van der Waals surface area contributed by atoms with Gasteiger partial charge in [-0.05, 0) is 0 Å². The number of ether oxygens (including phenoxy) is 1. The molecule has 11 heteroatoms. The van der Waals surface area contributed by atoms with Crippen LogP contribution in [-0.2, 0) is 4.74 Å². The number of hydrogen-bond acceptors (Lipinski definition) is 8. The van der Waals surface area contributed by atoms with Crippen molar-refractivity contribution in [2.24, 2.45) is 0 Å². The number of rotatable bonds is 2. The van der Waals surface area contributed by atoms with Crippen molar-refractivity contribution in [1.82, 2.24) is 14.5 Å². The molecule has 1 saturated heterocycles. The number of aromatic amines is 1. The number of nitrogens with two attached hydrogens (primary N) is 1. The summed E-state index contributed by atoms with van der Waals surface area (Å²) in [5, 5.41) is 18.8. The van der Waals surface area contributed by atoms with E-state index in [0.29, 0.717) is 0 Å². The number of fused-ring (bicyclic) bond motifs is 1. The average Bonchev–Trinajstić information content (AvgIpc) is 2.89. The van der Waals surface area contributed by atoms with Crippen molar-refractivity contribution < 1.29 is 20.4 Å². The van der Waals surface area contributed by atoms with Gasteiger partial charge in [0.2, 0.25) is 5.95 Å². The summed E-state index contributed by atoms with van der Waals surface area (Å²) in [6, 6.07) is 0. The highest BCUT2D eigenvalue weighted by Crippen LogP contribution is 2.30. The van der Waals surface area contributed by atoms with E-state index in [2.05, 4.69) is 9.97 Å². The molecule has 0 spiro atoms. The first kappa shape index (κ1) is 15.6. The highest BCUT2D eigenvalue weighted by molar-refractivity contribution is 7.16. The van der Waals surface area contributed by atoms with E-state index < -0.39 is 28.9 Å². The van der Waals surface area contributed by atoms with Crippen LogP contribution in [0.3, 0.4) is 0 Å². The number of nitrogens with zero attached hydrogens (tertiary/aromatic N) is 2. The molecule has 0 unspecified atom stereocenters. The maximum atomic E-state index is 12.0. The van der Waals surface area contributed by atoms with Gasteiger partial charge in [-0.2, -0.15) is 4.98 Å². The van der Waals surface area contributed by atoms with Crippen LogP contribution in [0.15, 0.2) is 9.59 Å². The van der Waals surface area contributed by atoms with Crippen LogP contribution >= 0.6 is 11.3 Å². The maximum Gasteiger partial charge on any atom is 0.311 e. The Morgan fingerprint density at radius 1 is 1.52 bits per heavy atom. The Morgan fingerprint density at radius 3 is 2.86 bits per heavy atom. The summed E-state index contributed by atoms with van der Waals surface area (Å²) in [6.45, 7) is -0.357. The Kier molecular flexibility index (Phi) is 4.11. The molecule has 0 aromatic carbocycles. The summed E-state index contributed by atoms with van der Waals surface area (Å²) in [5.41, 5.74) is 5.10. The second-order valence-electron chi connectivity index (χ2n) is 4.46. The third-order valence-corrected chi connectivity index (χ3v) is 4.11. The summed E-state index contributed by atoms with van der Waals surface area (Å²) in [7, 11) is 0. The predicted octanol–water partition coefficient (Wildman–Crippen LogP) is -2.46. The van der Waals surface area contributed by atoms with Crippen LogP contribution in [0.2, 0.25) is 0 Å². The Labute approximate surface area is 120 Å². The number of anilines is 1. The molecule has 0 aliphatic carbocycles. The molecule has 116 valence electrons. The minimum Gasteiger partial charge on any atom is -0.412 e. The third-order valence-electron chi connectivity index (χ3n) is 3.16. The molecule has 3 atom stereocenters. The topological polar surface area (TPSA) is 175 Å². The van der Waals surface area contributed by atoms with E-state index in [-0.39, 0.29) is 34.8 Å². The molecule has 3 heterocycles. The van der Waals surface area contributed by atoms with E-state index in [1.807, 2.05) is 0 Å². The van der Waals surface area contributed by atoms with Gasteiger partial charge in [0.1, 0.15) is 17.0 Å². The number of thiazole rings is 1. The zero-order valence-corrected chi connectivity index (χ0v) is 11.5. The molecule has 0 saturated carbocycles. The van der Waals surface area contributed by atoms with Gasteiger partial charge in [0, 0.05) is 6.42 Å². The molecule has 3 rings (SSSR count). The SMILES string of the molecule is Nc1nc2c(sc(=O)n2[C@H]2C[C@H](O)[C@@H](CO)O2)c(=O)[nH]1.O. The molecular weight excluding hydrogens is 304 g/mol. The predicted molar refractivity (Wildman–Crippen MR) is 74.1 cm³/mol. The van der Waals surface area contributed by atoms with E-state index in [1.54, 1.807) is 0 Å². The molecule has 1 fully saturated rings. The Balaban J connectivity index is 0.00000161. The zero-order chi connectivity index (χ0) is 14.4. The van der Waals surface area contributed by atoms with Gasteiger partial charge in [-0.1, -0.05) is 11.3 Å². The first-order valence-electron chi connectivity index (χ1n) is 5.86. The molecule has 1 aliphatic rings. The summed E-state index contributed by atoms with van der Waals surface area (Å²) in [6.07, 6.45) is -2.30. The lowest BCUT2D eigenvalue weighted by Gasteiger charge is -2.13. The molecule has 7 N–H and O–H groups in total. The smallest absolute Gasteiger partial charge is 0.311 e. The molecule has 0 bridgehead atoms. The second kappa shape index (κ2) is 5.54. The number of aromatic nitrogens is 3. The van der Waals surface area contributed by atoms with E-state index in [4.69, 9.17) is 15.6 Å². The van der Waals surface area contributed by atoms with Crippen LogP contribution in [0.4, 0.5) is 5.95 Å². The quantitative estimate of drug-likeness (QED) is 0.475. The van der Waals surface area contributed by atoms with Gasteiger partial charge in [-0.25, -0.2) is 0 Å². The molecule has 21 heavy (non-hydrogen) atoms. The largest absolute Gasteiger partial charge is 0.412 e. The Hall–Kier alpha value is -1.79. The highest BCUT2D eigenvalue weighted by atomic mass is 32.1. The van der Waals surface area contributed by atoms with Gasteiger partial charge in [0.25, 0.3) is 5.56 Å². The van der Waals surface area contributed by atoms with Gasteiger partial charge in [0.15, 0.2) is 5.65 Å². The Morgan fingerprint density at radius 2 is 2.24 bits per heavy atom. The Bertz CT molecular complexity index is 767. The molecule has 2 aromatic heterocycles. The third kappa shape index (κ3) is 2.45. The van der Waals surface area contributed by atoms with Gasteiger partial charge >= 0.3 is 4.87 Å². The normalized spacial score (nSPS) is 25.1. The fourth-order valence-corrected chi connectivity index (χ4v) is 3.09. The number of H-pyrrole nitrogens is 1. The fraction of sp³-hybridized carbons (Fsp3) is 0.500. The monoisotopic (exact) mass is 318 g/mol. The first-order valence-corrected chi connectivity index (χ1v) is 6.68. The number of aliphatic hydroxyl groups excluding tert-OH is 2. The lowest BCUT2D eigenvalue weighted by molar-refractivity contribution is -0.0437. The van der Waals surface area contributed by atoms with E-state index in [1.165, 1.54) is 4.57 Å². The summed E-state index contributed by atoms with van der Waals surface area (Å²) in [5.74, 6) is -0.105. The van der Waals surface area contributed by atoms with Gasteiger partial charge in [-0.15, -0.1) is 0 Å². The highest BCUT2D eigenvalue weighted by Gasteiger charge is 2.36. The lowest BCUT2D eigenvalue weighted by atomic mass is 10.2. The van der Waals surface area contributed by atoms with Crippen LogP contribution < -0.4 is 16.2 Å². The molecule has 0 radical (unpaired) electrons. The van der Waals surface area contributed by atoms with E-state index in [9.17, 15) is 14.7 Å². The summed E-state index contributed by atoms with van der Waals surface area (Å²) in [4.78, 5) is 29.6. The minimum atomic E-state index is -0.883. The first-order chi connectivity index (χ1) is 9.51. The van der Waals surface area contributed by atoms with Crippen LogP contribution in [0.5, 0.6) is 0 Å². The number of nitrogen functional groups attached to an aromatic ring is 1. The standard InChI is InChI=1S/C10H12N4O5S.H2O/c11-9-12-7-6(8(17)13-9)20-10(18)14(7)5-1-3(16)4(2-15)19-5;/h3-5,15-16H,1-2H2,(H3,11,12,13,17);1H2/t3-,4+,5+;/m0./s1. The summed E-state index contributed by atoms with van der Waals surface area (Å²) >= 11 is 0.732. The number of hydrogen-bond donors (Lipinski definition) is 4. The lowest BCUT2D eigenvalue weighted by Crippen LogP contribution is -2.25. The van der Waals surface area contributed by atoms with Crippen molar-refractivity contribution in [1.29, 1.82) is 0 Å². The molecule has 1 aliphatic heterocycles. The fourth-order valence-electron chi connectivity index (χ4n) is 2.24. The van der Waals surface area contributed by atoms with E-state index >= 15 is 0 Å². The van der Waals surface area contributed by atoms with Crippen molar-refractivity contribution in [2.45, 2.75) is 24.9 Å². The molecule has 2 aromatic rings. The van der Waals surface area contributed by atoms with Crippen LogP contribution in [0, 0.1) is 0 Å². The van der Waals surface area contributed by atoms with Crippen molar-refractivity contribution in [3.8, 4) is 0 Å². The van der Waals surface area contributed by atoms with Crippen LogP contribution in [0.1, 0.15) is 12.6 Å². The van der Waals surface area contributed by atoms with Crippen molar-refractivity contribution in [3.63, 3.8) is 0 Å². The molecular formula is C10H14N4O6S. The van der Waals surface area contributed by atoms with Crippen molar-refractivity contribution in [2.75, 3.05) is 12.3 Å². The van der Waals surface area contributed by atoms with E-state index in [0.717, 1.165) is 11.3 Å². The minimum absolute atomic E-state index is 0. The van der Waals surface area contributed by atoms with Crippen molar-refractivity contribution in [3.05, 3.63) is 20.0 Å². The maximum absolute atomic E-state index is 12.0. The van der Waals surface area contributed by atoms with Crippen molar-refractivity contribution >= 4 is 27.6 Å². The number of nitrogens with one attached hydrogen (secondary N) is 1. The van der Waals surface area contributed by atoms with Gasteiger partial charge in [0.05, 0.1) is 12.7 Å². The van der Waals surface area contributed by atoms with Crippen LogP contribution in [-0.4, -0.2) is 49.0 Å².